The molecule has 0 N–H and O–H groups in total. The van der Waals surface area contributed by atoms with Crippen molar-refractivity contribution in [2.24, 2.45) is 16.2 Å². The van der Waals surface area contributed by atoms with Crippen molar-refractivity contribution in [2.75, 3.05) is 0 Å². The Morgan fingerprint density at radius 1 is 1.00 bits per heavy atom. The van der Waals surface area contributed by atoms with Gasteiger partial charge in [-0.05, 0) is 18.3 Å². The van der Waals surface area contributed by atoms with Gasteiger partial charge in [0.25, 0.3) is 0 Å². The molecule has 0 aromatic rings. The standard InChI is InChI=1S/C9H12O4/c1-7(5(10)11)3-9(7)4-8(9,2)6(12)13/h3-4H2,1-2H3,(H,10,11)(H,12,13)/p-2/t7-,8+,9?. The number of carbonyl (C=O) groups excluding carboxylic acids is 2. The van der Waals surface area contributed by atoms with Crippen molar-refractivity contribution in [3.05, 3.63) is 0 Å². The molecule has 72 valence electrons. The molecule has 13 heavy (non-hydrogen) atoms. The number of carbonyl (C=O) groups is 2. The normalized spacial score (nSPS) is 51.8. The minimum absolute atomic E-state index is 0.410. The molecule has 4 nitrogen and oxygen atoms in total. The molecule has 3 atom stereocenters. The van der Waals surface area contributed by atoms with Crippen molar-refractivity contribution >= 4 is 11.9 Å². The van der Waals surface area contributed by atoms with E-state index < -0.39 is 28.2 Å². The Hall–Kier alpha value is -1.06. The number of carboxylic acid groups (broad SMARTS) is 2. The lowest BCUT2D eigenvalue weighted by molar-refractivity contribution is -0.316. The molecule has 0 aliphatic heterocycles. The molecule has 2 rings (SSSR count). The Bertz CT molecular complexity index is 290. The zero-order valence-corrected chi connectivity index (χ0v) is 7.55. The van der Waals surface area contributed by atoms with Gasteiger partial charge in [0.15, 0.2) is 0 Å². The van der Waals surface area contributed by atoms with Crippen LogP contribution in [0.25, 0.3) is 0 Å². The average Bonchev–Trinajstić information content (AvgIpc) is 2.76. The van der Waals surface area contributed by atoms with E-state index in [0.29, 0.717) is 12.8 Å². The topological polar surface area (TPSA) is 80.3 Å². The number of carboxylic acids is 2. The largest absolute Gasteiger partial charge is 0.550 e. The highest BCUT2D eigenvalue weighted by Crippen LogP contribution is 2.87. The lowest BCUT2D eigenvalue weighted by Gasteiger charge is -2.17. The molecule has 0 aromatic heterocycles. The van der Waals surface area contributed by atoms with Crippen LogP contribution in [0.3, 0.4) is 0 Å². The Balaban J connectivity index is 2.26. The predicted molar refractivity (Wildman–Crippen MR) is 37.9 cm³/mol. The van der Waals surface area contributed by atoms with Crippen molar-refractivity contribution in [1.82, 2.24) is 0 Å². The molecular formula is C9H10O4-2. The fourth-order valence-electron chi connectivity index (χ4n) is 2.72. The number of hydrogen-bond acceptors (Lipinski definition) is 4. The maximum Gasteiger partial charge on any atom is 0.0479 e. The van der Waals surface area contributed by atoms with Crippen LogP contribution >= 0.6 is 0 Å². The summed E-state index contributed by atoms with van der Waals surface area (Å²) in [7, 11) is 0. The quantitative estimate of drug-likeness (QED) is 0.509. The second kappa shape index (κ2) is 1.74. The van der Waals surface area contributed by atoms with Crippen LogP contribution in [0.15, 0.2) is 0 Å². The Morgan fingerprint density at radius 2 is 1.31 bits per heavy atom. The summed E-state index contributed by atoms with van der Waals surface area (Å²) in [4.78, 5) is 21.4. The second-order valence-corrected chi connectivity index (χ2v) is 4.67. The van der Waals surface area contributed by atoms with Gasteiger partial charge in [0.1, 0.15) is 0 Å². The zero-order valence-electron chi connectivity index (χ0n) is 7.55. The van der Waals surface area contributed by atoms with E-state index in [4.69, 9.17) is 0 Å². The summed E-state index contributed by atoms with van der Waals surface area (Å²) in [5.74, 6) is -2.28. The molecule has 2 aliphatic rings. The first-order valence-corrected chi connectivity index (χ1v) is 4.23. The number of hydrogen-bond donors (Lipinski definition) is 0. The molecule has 1 spiro atoms. The summed E-state index contributed by atoms with van der Waals surface area (Å²) >= 11 is 0. The molecule has 4 heteroatoms. The third-order valence-electron chi connectivity index (χ3n) is 4.07. The summed E-state index contributed by atoms with van der Waals surface area (Å²) in [6.45, 7) is 3.10. The van der Waals surface area contributed by atoms with Gasteiger partial charge in [0, 0.05) is 22.8 Å². The first-order chi connectivity index (χ1) is 5.80. The Morgan fingerprint density at radius 3 is 1.46 bits per heavy atom. The monoisotopic (exact) mass is 182 g/mol. The van der Waals surface area contributed by atoms with E-state index in [2.05, 4.69) is 0 Å². The van der Waals surface area contributed by atoms with Crippen molar-refractivity contribution in [1.29, 1.82) is 0 Å². The molecule has 0 saturated heterocycles. The molecule has 0 heterocycles. The van der Waals surface area contributed by atoms with E-state index in [0.717, 1.165) is 0 Å². The maximum absolute atomic E-state index is 10.7. The minimum atomic E-state index is -1.14. The van der Waals surface area contributed by atoms with Gasteiger partial charge in [-0.3, -0.25) is 0 Å². The zero-order chi connectivity index (χ0) is 10.1. The van der Waals surface area contributed by atoms with E-state index in [1.807, 2.05) is 0 Å². The van der Waals surface area contributed by atoms with Crippen molar-refractivity contribution < 1.29 is 19.8 Å². The summed E-state index contributed by atoms with van der Waals surface area (Å²) < 4.78 is 0. The van der Waals surface area contributed by atoms with Gasteiger partial charge in [-0.25, -0.2) is 0 Å². The maximum atomic E-state index is 10.7. The molecule has 0 aromatic carbocycles. The van der Waals surface area contributed by atoms with Crippen molar-refractivity contribution in [3.63, 3.8) is 0 Å². The highest BCUT2D eigenvalue weighted by atomic mass is 16.4. The fourth-order valence-corrected chi connectivity index (χ4v) is 2.72. The number of rotatable bonds is 2. The van der Waals surface area contributed by atoms with Crippen LogP contribution in [-0.4, -0.2) is 11.9 Å². The van der Waals surface area contributed by atoms with E-state index >= 15 is 0 Å². The summed E-state index contributed by atoms with van der Waals surface area (Å²) in [6.07, 6.45) is 0.819. The van der Waals surface area contributed by atoms with Crippen LogP contribution in [0.4, 0.5) is 0 Å². The molecule has 0 radical (unpaired) electrons. The van der Waals surface area contributed by atoms with Gasteiger partial charge in [0.05, 0.1) is 0 Å². The van der Waals surface area contributed by atoms with E-state index in [1.165, 1.54) is 0 Å². The summed E-state index contributed by atoms with van der Waals surface area (Å²) in [6, 6.07) is 0. The molecule has 0 bridgehead atoms. The molecule has 0 amide bonds. The van der Waals surface area contributed by atoms with Gasteiger partial charge in [-0.2, -0.15) is 0 Å². The summed E-state index contributed by atoms with van der Waals surface area (Å²) in [5, 5.41) is 21.4. The van der Waals surface area contributed by atoms with Crippen molar-refractivity contribution in [3.8, 4) is 0 Å². The lowest BCUT2D eigenvalue weighted by atomic mass is 9.98. The van der Waals surface area contributed by atoms with Crippen LogP contribution in [0.1, 0.15) is 26.7 Å². The van der Waals surface area contributed by atoms with Gasteiger partial charge < -0.3 is 19.8 Å². The molecular weight excluding hydrogens is 172 g/mol. The SMILES string of the molecule is C[C@@]1(C(=O)[O-])CC12C[C@]2(C)C(=O)[O-]. The van der Waals surface area contributed by atoms with Crippen molar-refractivity contribution in [2.45, 2.75) is 26.7 Å². The lowest BCUT2D eigenvalue weighted by Crippen LogP contribution is -2.37. The van der Waals surface area contributed by atoms with E-state index in [-0.39, 0.29) is 0 Å². The smallest absolute Gasteiger partial charge is 0.0479 e. The fraction of sp³-hybridized carbons (Fsp3) is 0.778. The highest BCUT2D eigenvalue weighted by Gasteiger charge is 2.84. The molecule has 1 unspecified atom stereocenters. The Kier molecular flexibility index (Phi) is 1.14. The third kappa shape index (κ3) is 0.641. The first kappa shape index (κ1) is 8.53. The predicted octanol–water partition coefficient (Wildman–Crippen LogP) is -1.71. The number of aliphatic carboxylic acids is 2. The van der Waals surface area contributed by atoms with Crippen LogP contribution in [0.2, 0.25) is 0 Å². The van der Waals surface area contributed by atoms with Gasteiger partial charge in [0.2, 0.25) is 0 Å². The Labute approximate surface area is 75.6 Å². The average molecular weight is 182 g/mol. The highest BCUT2D eigenvalue weighted by molar-refractivity contribution is 5.87. The first-order valence-electron chi connectivity index (χ1n) is 4.23. The molecule has 2 fully saturated rings. The van der Waals surface area contributed by atoms with Gasteiger partial charge >= 0.3 is 0 Å². The third-order valence-corrected chi connectivity index (χ3v) is 4.07. The van der Waals surface area contributed by atoms with Crippen LogP contribution in [0.5, 0.6) is 0 Å². The van der Waals surface area contributed by atoms with Gasteiger partial charge in [-0.15, -0.1) is 0 Å². The second-order valence-electron chi connectivity index (χ2n) is 4.67. The van der Waals surface area contributed by atoms with E-state index in [9.17, 15) is 19.8 Å². The van der Waals surface area contributed by atoms with Gasteiger partial charge in [-0.1, -0.05) is 13.8 Å². The molecule has 2 aliphatic carbocycles. The van der Waals surface area contributed by atoms with Crippen LogP contribution in [-0.2, 0) is 9.59 Å². The summed E-state index contributed by atoms with van der Waals surface area (Å²) in [5.41, 5.74) is -2.46. The van der Waals surface area contributed by atoms with Crippen LogP contribution in [0, 0.1) is 16.2 Å². The minimum Gasteiger partial charge on any atom is -0.550 e. The van der Waals surface area contributed by atoms with Crippen LogP contribution < -0.4 is 10.2 Å². The van der Waals surface area contributed by atoms with E-state index in [1.54, 1.807) is 13.8 Å². The molecule has 2 saturated carbocycles.